The number of hydrogen-bond acceptors (Lipinski definition) is 3. The molecular weight excluding hydrogens is 264 g/mol. The van der Waals surface area contributed by atoms with Crippen LogP contribution in [0.4, 0.5) is 0 Å². The molecule has 0 radical (unpaired) electrons. The number of benzene rings is 1. The Morgan fingerprint density at radius 1 is 1.15 bits per heavy atom. The van der Waals surface area contributed by atoms with E-state index < -0.39 is 0 Å². The first-order valence-electron chi connectivity index (χ1n) is 6.91. The molecule has 1 aromatic heterocycles. The summed E-state index contributed by atoms with van der Waals surface area (Å²) in [6, 6.07) is 14.9. The first-order chi connectivity index (χ1) is 9.61. The van der Waals surface area contributed by atoms with Crippen molar-refractivity contribution >= 4 is 11.3 Å². The van der Waals surface area contributed by atoms with E-state index in [0.29, 0.717) is 17.5 Å². The summed E-state index contributed by atoms with van der Waals surface area (Å²) in [7, 11) is 0. The van der Waals surface area contributed by atoms with Crippen molar-refractivity contribution in [3.05, 3.63) is 57.8 Å². The molecule has 2 nitrogen and oxygen atoms in total. The number of nitrogens with zero attached hydrogens (tertiary/aromatic N) is 1. The smallest absolute Gasteiger partial charge is 0.0991 e. The molecule has 0 aliphatic heterocycles. The number of nitrogens with one attached hydrogen (secondary N) is 1. The number of rotatable bonds is 5. The maximum absolute atomic E-state index is 9.00. The van der Waals surface area contributed by atoms with Crippen molar-refractivity contribution in [1.82, 2.24) is 5.32 Å². The van der Waals surface area contributed by atoms with Gasteiger partial charge in [-0.1, -0.05) is 32.0 Å². The normalized spacial score (nSPS) is 13.9. The van der Waals surface area contributed by atoms with Crippen molar-refractivity contribution in [2.45, 2.75) is 32.9 Å². The minimum Gasteiger partial charge on any atom is -0.302 e. The summed E-state index contributed by atoms with van der Waals surface area (Å²) >= 11 is 1.79. The molecule has 2 atom stereocenters. The topological polar surface area (TPSA) is 35.8 Å². The Morgan fingerprint density at radius 3 is 2.55 bits per heavy atom. The van der Waals surface area contributed by atoms with Gasteiger partial charge in [0.2, 0.25) is 0 Å². The number of nitriles is 1. The van der Waals surface area contributed by atoms with Gasteiger partial charge in [-0.05, 0) is 42.0 Å². The van der Waals surface area contributed by atoms with Gasteiger partial charge in [-0.15, -0.1) is 11.3 Å². The average Bonchev–Trinajstić information content (AvgIpc) is 2.98. The van der Waals surface area contributed by atoms with Gasteiger partial charge in [0.05, 0.1) is 11.6 Å². The molecule has 1 N–H and O–H groups in total. The van der Waals surface area contributed by atoms with Crippen LogP contribution in [0.5, 0.6) is 0 Å². The van der Waals surface area contributed by atoms with Crippen LogP contribution < -0.4 is 5.32 Å². The Bertz CT molecular complexity index is 581. The van der Waals surface area contributed by atoms with Gasteiger partial charge in [-0.2, -0.15) is 5.26 Å². The Labute approximate surface area is 125 Å². The second-order valence-corrected chi connectivity index (χ2v) is 6.34. The fourth-order valence-corrected chi connectivity index (χ4v) is 3.27. The molecule has 2 unspecified atom stereocenters. The van der Waals surface area contributed by atoms with Gasteiger partial charge in [0.1, 0.15) is 0 Å². The van der Waals surface area contributed by atoms with Crippen LogP contribution in [0.15, 0.2) is 41.8 Å². The molecule has 0 aliphatic carbocycles. The minimum absolute atomic E-state index is 0.220. The van der Waals surface area contributed by atoms with E-state index in [9.17, 15) is 0 Å². The fraction of sp³-hybridized carbons (Fsp3) is 0.353. The Kier molecular flexibility index (Phi) is 4.94. The predicted octanol–water partition coefficient (Wildman–Crippen LogP) is 4.67. The third-order valence-corrected chi connectivity index (χ3v) is 4.42. The molecule has 0 fully saturated rings. The highest BCUT2D eigenvalue weighted by atomic mass is 32.1. The first-order valence-corrected chi connectivity index (χ1v) is 7.79. The van der Waals surface area contributed by atoms with Crippen molar-refractivity contribution in [1.29, 1.82) is 5.26 Å². The van der Waals surface area contributed by atoms with E-state index in [4.69, 9.17) is 5.26 Å². The van der Waals surface area contributed by atoms with E-state index in [1.54, 1.807) is 11.3 Å². The monoisotopic (exact) mass is 284 g/mol. The standard InChI is InChI=1S/C17H20N2S/c1-12(2)17(16-8-5-9-20-16)19-13(3)15-7-4-6-14(10-15)11-18/h4-10,12-13,17,19H,1-3H3. The maximum atomic E-state index is 9.00. The lowest BCUT2D eigenvalue weighted by molar-refractivity contribution is 0.379. The lowest BCUT2D eigenvalue weighted by Gasteiger charge is -2.26. The van der Waals surface area contributed by atoms with Gasteiger partial charge in [0.15, 0.2) is 0 Å². The second kappa shape index (κ2) is 6.69. The molecule has 3 heteroatoms. The van der Waals surface area contributed by atoms with Crippen molar-refractivity contribution in [3.8, 4) is 6.07 Å². The summed E-state index contributed by atoms with van der Waals surface area (Å²) in [5, 5.41) is 14.8. The molecule has 0 amide bonds. The highest BCUT2D eigenvalue weighted by Gasteiger charge is 2.19. The van der Waals surface area contributed by atoms with Crippen molar-refractivity contribution in [3.63, 3.8) is 0 Å². The summed E-state index contributed by atoms with van der Waals surface area (Å²) in [6.45, 7) is 6.62. The maximum Gasteiger partial charge on any atom is 0.0991 e. The molecular formula is C17H20N2S. The zero-order valence-electron chi connectivity index (χ0n) is 12.1. The third kappa shape index (κ3) is 3.47. The van der Waals surface area contributed by atoms with E-state index in [1.165, 1.54) is 4.88 Å². The molecule has 2 aromatic rings. The quantitative estimate of drug-likeness (QED) is 0.866. The molecule has 104 valence electrons. The van der Waals surface area contributed by atoms with Crippen LogP contribution in [0.1, 0.15) is 48.9 Å². The van der Waals surface area contributed by atoms with Crippen LogP contribution in [-0.4, -0.2) is 0 Å². The molecule has 0 saturated carbocycles. The van der Waals surface area contributed by atoms with Crippen LogP contribution in [0.25, 0.3) is 0 Å². The summed E-state index contributed by atoms with van der Waals surface area (Å²) in [4.78, 5) is 1.36. The molecule has 1 heterocycles. The van der Waals surface area contributed by atoms with Crippen LogP contribution in [0.2, 0.25) is 0 Å². The van der Waals surface area contributed by atoms with Gasteiger partial charge < -0.3 is 5.32 Å². The van der Waals surface area contributed by atoms with E-state index >= 15 is 0 Å². The molecule has 1 aromatic carbocycles. The minimum atomic E-state index is 0.220. The first kappa shape index (κ1) is 14.8. The average molecular weight is 284 g/mol. The lowest BCUT2D eigenvalue weighted by atomic mass is 9.99. The van der Waals surface area contributed by atoms with Crippen LogP contribution >= 0.6 is 11.3 Å². The number of thiophene rings is 1. The molecule has 0 saturated heterocycles. The Hall–Kier alpha value is -1.63. The van der Waals surface area contributed by atoms with E-state index in [1.807, 2.05) is 18.2 Å². The zero-order valence-corrected chi connectivity index (χ0v) is 12.9. The Morgan fingerprint density at radius 2 is 1.95 bits per heavy atom. The van der Waals surface area contributed by atoms with Gasteiger partial charge >= 0.3 is 0 Å². The van der Waals surface area contributed by atoms with Gasteiger partial charge in [-0.3, -0.25) is 0 Å². The third-order valence-electron chi connectivity index (χ3n) is 3.46. The number of hydrogen-bond donors (Lipinski definition) is 1. The SMILES string of the molecule is CC(NC(c1cccs1)C(C)C)c1cccc(C#N)c1. The largest absolute Gasteiger partial charge is 0.302 e. The molecule has 0 spiro atoms. The fourth-order valence-electron chi connectivity index (χ4n) is 2.31. The van der Waals surface area contributed by atoms with Gasteiger partial charge in [0.25, 0.3) is 0 Å². The Balaban J connectivity index is 2.16. The summed E-state index contributed by atoms with van der Waals surface area (Å²) in [6.07, 6.45) is 0. The van der Waals surface area contributed by atoms with Crippen molar-refractivity contribution in [2.24, 2.45) is 5.92 Å². The van der Waals surface area contributed by atoms with E-state index in [0.717, 1.165) is 5.56 Å². The molecule has 0 aliphatic rings. The summed E-state index contributed by atoms with van der Waals surface area (Å²) < 4.78 is 0. The zero-order chi connectivity index (χ0) is 14.5. The van der Waals surface area contributed by atoms with Crippen LogP contribution in [-0.2, 0) is 0 Å². The molecule has 2 rings (SSSR count). The van der Waals surface area contributed by atoms with Crippen LogP contribution in [0, 0.1) is 17.2 Å². The van der Waals surface area contributed by atoms with Gasteiger partial charge in [-0.25, -0.2) is 0 Å². The van der Waals surface area contributed by atoms with Crippen molar-refractivity contribution in [2.75, 3.05) is 0 Å². The molecule has 0 bridgehead atoms. The van der Waals surface area contributed by atoms with E-state index in [2.05, 4.69) is 55.7 Å². The van der Waals surface area contributed by atoms with Crippen molar-refractivity contribution < 1.29 is 0 Å². The summed E-state index contributed by atoms with van der Waals surface area (Å²) in [5.74, 6) is 0.523. The highest BCUT2D eigenvalue weighted by Crippen LogP contribution is 2.29. The summed E-state index contributed by atoms with van der Waals surface area (Å²) in [5.41, 5.74) is 1.87. The highest BCUT2D eigenvalue weighted by molar-refractivity contribution is 7.10. The molecule has 20 heavy (non-hydrogen) atoms. The van der Waals surface area contributed by atoms with Crippen LogP contribution in [0.3, 0.4) is 0 Å². The van der Waals surface area contributed by atoms with Gasteiger partial charge in [0, 0.05) is 17.0 Å². The predicted molar refractivity (Wildman–Crippen MR) is 84.6 cm³/mol. The van der Waals surface area contributed by atoms with E-state index in [-0.39, 0.29) is 6.04 Å². The lowest BCUT2D eigenvalue weighted by Crippen LogP contribution is -2.27. The second-order valence-electron chi connectivity index (χ2n) is 5.36.